The Labute approximate surface area is 111 Å². The van der Waals surface area contributed by atoms with Gasteiger partial charge in [0.05, 0.1) is 0 Å². The Hall–Kier alpha value is -0.770. The van der Waals surface area contributed by atoms with Gasteiger partial charge < -0.3 is 15.8 Å². The zero-order valence-electron chi connectivity index (χ0n) is 11.9. The van der Waals surface area contributed by atoms with Crippen molar-refractivity contribution in [3.8, 4) is 0 Å². The van der Waals surface area contributed by atoms with Crippen LogP contribution >= 0.6 is 0 Å². The van der Waals surface area contributed by atoms with E-state index in [1.807, 2.05) is 0 Å². The topological polar surface area (TPSA) is 61.8 Å². The number of oxime groups is 1. The summed E-state index contributed by atoms with van der Waals surface area (Å²) in [7, 11) is 0. The zero-order chi connectivity index (χ0) is 13.4. The SMILES string of the molecule is CC(C)CCN(CCCC(N)=NO)C1CCCC1. The molecule has 0 unspecified atom stereocenters. The van der Waals surface area contributed by atoms with Crippen molar-refractivity contribution in [2.45, 2.75) is 64.8 Å². The van der Waals surface area contributed by atoms with Crippen molar-refractivity contribution in [1.29, 1.82) is 0 Å². The standard InChI is InChI=1S/C14H29N3O/c1-12(2)9-11-17(13-6-3-4-7-13)10-5-8-14(15)16-18/h12-13,18H,3-11H2,1-2H3,(H2,15,16). The van der Waals surface area contributed by atoms with Crippen LogP contribution in [0.1, 0.15) is 58.8 Å². The quantitative estimate of drug-likeness (QED) is 0.303. The molecule has 0 spiro atoms. The molecule has 0 aromatic rings. The molecule has 0 aliphatic heterocycles. The Balaban J connectivity index is 2.33. The highest BCUT2D eigenvalue weighted by molar-refractivity contribution is 5.79. The van der Waals surface area contributed by atoms with Crippen LogP contribution in [0.2, 0.25) is 0 Å². The van der Waals surface area contributed by atoms with Crippen LogP contribution in [0.4, 0.5) is 0 Å². The van der Waals surface area contributed by atoms with E-state index >= 15 is 0 Å². The monoisotopic (exact) mass is 255 g/mol. The zero-order valence-corrected chi connectivity index (χ0v) is 11.9. The summed E-state index contributed by atoms with van der Waals surface area (Å²) in [6, 6.07) is 0.774. The molecule has 1 saturated carbocycles. The number of hydrogen-bond donors (Lipinski definition) is 2. The minimum atomic E-state index is 0.352. The van der Waals surface area contributed by atoms with Crippen molar-refractivity contribution >= 4 is 5.84 Å². The van der Waals surface area contributed by atoms with Crippen molar-refractivity contribution in [2.75, 3.05) is 13.1 Å². The first-order chi connectivity index (χ1) is 8.63. The Morgan fingerprint density at radius 3 is 2.56 bits per heavy atom. The number of nitrogens with two attached hydrogens (primary N) is 1. The lowest BCUT2D eigenvalue weighted by molar-refractivity contribution is 0.186. The molecule has 1 fully saturated rings. The number of amidine groups is 1. The van der Waals surface area contributed by atoms with Gasteiger partial charge in [0.15, 0.2) is 0 Å². The molecule has 1 aliphatic carbocycles. The Kier molecular flexibility index (Phi) is 7.09. The van der Waals surface area contributed by atoms with Gasteiger partial charge in [-0.2, -0.15) is 0 Å². The van der Waals surface area contributed by atoms with Crippen LogP contribution in [0.25, 0.3) is 0 Å². The summed E-state index contributed by atoms with van der Waals surface area (Å²) >= 11 is 0. The smallest absolute Gasteiger partial charge is 0.139 e. The summed E-state index contributed by atoms with van der Waals surface area (Å²) in [4.78, 5) is 2.62. The van der Waals surface area contributed by atoms with Gasteiger partial charge in [-0.25, -0.2) is 0 Å². The predicted octanol–water partition coefficient (Wildman–Crippen LogP) is 2.80. The van der Waals surface area contributed by atoms with E-state index in [9.17, 15) is 0 Å². The average Bonchev–Trinajstić information content (AvgIpc) is 2.86. The van der Waals surface area contributed by atoms with Crippen LogP contribution < -0.4 is 5.73 Å². The predicted molar refractivity (Wildman–Crippen MR) is 75.9 cm³/mol. The minimum absolute atomic E-state index is 0.352. The Morgan fingerprint density at radius 2 is 2.00 bits per heavy atom. The highest BCUT2D eigenvalue weighted by atomic mass is 16.4. The molecule has 0 atom stereocenters. The summed E-state index contributed by atoms with van der Waals surface area (Å²) in [6.45, 7) is 6.83. The van der Waals surface area contributed by atoms with Gasteiger partial charge in [0.2, 0.25) is 0 Å². The van der Waals surface area contributed by atoms with Gasteiger partial charge in [0.25, 0.3) is 0 Å². The maximum absolute atomic E-state index is 8.54. The van der Waals surface area contributed by atoms with Crippen LogP contribution in [0.3, 0.4) is 0 Å². The van der Waals surface area contributed by atoms with E-state index in [4.69, 9.17) is 10.9 Å². The first-order valence-corrected chi connectivity index (χ1v) is 7.34. The molecular weight excluding hydrogens is 226 g/mol. The molecular formula is C14H29N3O. The first kappa shape index (κ1) is 15.3. The van der Waals surface area contributed by atoms with Crippen molar-refractivity contribution < 1.29 is 5.21 Å². The molecule has 0 aromatic heterocycles. The molecule has 0 radical (unpaired) electrons. The summed E-state index contributed by atoms with van der Waals surface area (Å²) < 4.78 is 0. The van der Waals surface area contributed by atoms with Gasteiger partial charge in [0.1, 0.15) is 5.84 Å². The van der Waals surface area contributed by atoms with E-state index in [0.717, 1.165) is 24.9 Å². The maximum Gasteiger partial charge on any atom is 0.139 e. The molecule has 0 amide bonds. The molecule has 0 heterocycles. The lowest BCUT2D eigenvalue weighted by Gasteiger charge is -2.29. The van der Waals surface area contributed by atoms with Gasteiger partial charge in [-0.05, 0) is 44.7 Å². The third-order valence-corrected chi connectivity index (χ3v) is 3.84. The van der Waals surface area contributed by atoms with E-state index < -0.39 is 0 Å². The summed E-state index contributed by atoms with van der Waals surface area (Å²) in [6.07, 6.45) is 8.40. The van der Waals surface area contributed by atoms with E-state index in [0.29, 0.717) is 12.3 Å². The molecule has 106 valence electrons. The maximum atomic E-state index is 8.54. The van der Waals surface area contributed by atoms with E-state index in [-0.39, 0.29) is 0 Å². The van der Waals surface area contributed by atoms with Gasteiger partial charge in [0, 0.05) is 12.5 Å². The highest BCUT2D eigenvalue weighted by Gasteiger charge is 2.22. The van der Waals surface area contributed by atoms with Gasteiger partial charge in [-0.1, -0.05) is 31.8 Å². The highest BCUT2D eigenvalue weighted by Crippen LogP contribution is 2.24. The lowest BCUT2D eigenvalue weighted by Crippen LogP contribution is -2.36. The molecule has 1 rings (SSSR count). The third kappa shape index (κ3) is 5.71. The number of rotatable bonds is 8. The third-order valence-electron chi connectivity index (χ3n) is 3.84. The van der Waals surface area contributed by atoms with Crippen LogP contribution in [0.15, 0.2) is 5.16 Å². The molecule has 1 aliphatic rings. The Bertz CT molecular complexity index is 247. The van der Waals surface area contributed by atoms with E-state index in [1.165, 1.54) is 38.6 Å². The van der Waals surface area contributed by atoms with Crippen LogP contribution in [-0.2, 0) is 0 Å². The second-order valence-electron chi connectivity index (χ2n) is 5.85. The lowest BCUT2D eigenvalue weighted by atomic mass is 10.1. The second-order valence-corrected chi connectivity index (χ2v) is 5.85. The van der Waals surface area contributed by atoms with Crippen molar-refractivity contribution in [3.05, 3.63) is 0 Å². The minimum Gasteiger partial charge on any atom is -0.409 e. The van der Waals surface area contributed by atoms with Crippen LogP contribution in [0.5, 0.6) is 0 Å². The summed E-state index contributed by atoms with van der Waals surface area (Å²) in [5.74, 6) is 1.11. The molecule has 18 heavy (non-hydrogen) atoms. The largest absolute Gasteiger partial charge is 0.409 e. The fourth-order valence-electron chi connectivity index (χ4n) is 2.68. The number of nitrogens with zero attached hydrogens (tertiary/aromatic N) is 2. The van der Waals surface area contributed by atoms with E-state index in [2.05, 4.69) is 23.9 Å². The molecule has 0 aromatic carbocycles. The van der Waals surface area contributed by atoms with Gasteiger partial charge >= 0.3 is 0 Å². The fourth-order valence-corrected chi connectivity index (χ4v) is 2.68. The fraction of sp³-hybridized carbons (Fsp3) is 0.929. The molecule has 4 heteroatoms. The van der Waals surface area contributed by atoms with E-state index in [1.54, 1.807) is 0 Å². The van der Waals surface area contributed by atoms with Crippen molar-refractivity contribution in [2.24, 2.45) is 16.8 Å². The van der Waals surface area contributed by atoms with Gasteiger partial charge in [-0.3, -0.25) is 0 Å². The molecule has 4 nitrogen and oxygen atoms in total. The van der Waals surface area contributed by atoms with Gasteiger partial charge in [-0.15, -0.1) is 0 Å². The summed E-state index contributed by atoms with van der Waals surface area (Å²) in [5.41, 5.74) is 5.52. The van der Waals surface area contributed by atoms with Crippen molar-refractivity contribution in [1.82, 2.24) is 4.90 Å². The Morgan fingerprint density at radius 1 is 1.33 bits per heavy atom. The summed E-state index contributed by atoms with van der Waals surface area (Å²) in [5, 5.41) is 11.6. The van der Waals surface area contributed by atoms with Crippen LogP contribution in [0, 0.1) is 5.92 Å². The van der Waals surface area contributed by atoms with Crippen molar-refractivity contribution in [3.63, 3.8) is 0 Å². The molecule has 0 bridgehead atoms. The average molecular weight is 255 g/mol. The molecule has 0 saturated heterocycles. The molecule has 3 N–H and O–H groups in total. The van der Waals surface area contributed by atoms with Crippen LogP contribution in [-0.4, -0.2) is 35.1 Å². The second kappa shape index (κ2) is 8.35. The first-order valence-electron chi connectivity index (χ1n) is 7.34. The normalized spacial score (nSPS) is 18.1. The number of hydrogen-bond acceptors (Lipinski definition) is 3.